The van der Waals surface area contributed by atoms with Gasteiger partial charge in [0.15, 0.2) is 11.8 Å². The van der Waals surface area contributed by atoms with Gasteiger partial charge in [0.1, 0.15) is 0 Å². The third kappa shape index (κ3) is 2.06. The van der Waals surface area contributed by atoms with Crippen LogP contribution in [0.4, 0.5) is 5.69 Å². The molecule has 2 fully saturated rings. The van der Waals surface area contributed by atoms with Crippen LogP contribution < -0.4 is 9.80 Å². The van der Waals surface area contributed by atoms with Gasteiger partial charge in [-0.25, -0.2) is 4.90 Å². The summed E-state index contributed by atoms with van der Waals surface area (Å²) in [5.74, 6) is 0.936. The van der Waals surface area contributed by atoms with Crippen LogP contribution in [0, 0.1) is 0 Å². The fourth-order valence-corrected chi connectivity index (χ4v) is 3.90. The molecule has 0 radical (unpaired) electrons. The number of hydrogen-bond donors (Lipinski definition) is 1. The van der Waals surface area contributed by atoms with Crippen molar-refractivity contribution < 1.29 is 14.1 Å². The lowest BCUT2D eigenvalue weighted by Crippen LogP contribution is -3.12. The summed E-state index contributed by atoms with van der Waals surface area (Å²) in [6.45, 7) is 0.972. The lowest BCUT2D eigenvalue weighted by molar-refractivity contribution is -0.925. The Hall–Kier alpha value is -1.49. The Morgan fingerprint density at radius 3 is 2.82 bits per heavy atom. The normalized spacial score (nSPS) is 27.5. The number of carbonyl (C=O) groups excluding carboxylic acids is 1. The maximum Gasteiger partial charge on any atom is 0.290 e. The predicted molar refractivity (Wildman–Crippen MR) is 84.2 cm³/mol. The van der Waals surface area contributed by atoms with E-state index in [0.29, 0.717) is 10.0 Å². The third-order valence-corrected chi connectivity index (χ3v) is 5.28. The fourth-order valence-electron chi connectivity index (χ4n) is 3.61. The van der Waals surface area contributed by atoms with Gasteiger partial charge in [-0.2, -0.15) is 0 Å². The highest BCUT2D eigenvalue weighted by atomic mass is 35.5. The summed E-state index contributed by atoms with van der Waals surface area (Å²) in [7, 11) is 0. The van der Waals surface area contributed by atoms with Gasteiger partial charge >= 0.3 is 0 Å². The lowest BCUT2D eigenvalue weighted by atomic mass is 10.2. The van der Waals surface area contributed by atoms with Crippen LogP contribution in [0.25, 0.3) is 0 Å². The highest BCUT2D eigenvalue weighted by Gasteiger charge is 2.54. The van der Waals surface area contributed by atoms with Gasteiger partial charge < -0.3 is 4.42 Å². The van der Waals surface area contributed by atoms with E-state index >= 15 is 0 Å². The van der Waals surface area contributed by atoms with Crippen LogP contribution >= 0.6 is 23.2 Å². The van der Waals surface area contributed by atoms with Crippen LogP contribution in [0.2, 0.25) is 10.0 Å². The molecule has 1 N–H and O–H groups in total. The largest absolute Gasteiger partial charge is 0.461 e. The number of nitrogens with zero attached hydrogens (tertiary/aromatic N) is 1. The average molecular weight is 338 g/mol. The number of carbonyl (C=O) groups is 1. The second-order valence-corrected chi connectivity index (χ2v) is 6.56. The number of amides is 1. The van der Waals surface area contributed by atoms with Gasteiger partial charge in [-0.1, -0.05) is 23.2 Å². The molecule has 4 nitrogen and oxygen atoms in total. The first-order chi connectivity index (χ1) is 10.7. The molecule has 3 heterocycles. The summed E-state index contributed by atoms with van der Waals surface area (Å²) in [5.41, 5.74) is 0.766. The Bertz CT molecular complexity index is 717. The Balaban J connectivity index is 1.81. The minimum Gasteiger partial charge on any atom is -0.461 e. The van der Waals surface area contributed by atoms with Crippen molar-refractivity contribution in [2.45, 2.75) is 25.0 Å². The number of anilines is 1. The van der Waals surface area contributed by atoms with E-state index in [2.05, 4.69) is 0 Å². The minimum atomic E-state index is -0.132. The molecule has 6 heteroatoms. The van der Waals surface area contributed by atoms with Gasteiger partial charge in [0, 0.05) is 12.8 Å². The second-order valence-electron chi connectivity index (χ2n) is 5.74. The second kappa shape index (κ2) is 5.30. The zero-order valence-corrected chi connectivity index (χ0v) is 13.3. The molecule has 1 amide bonds. The number of nitrogens with one attached hydrogen (secondary N) is 1. The van der Waals surface area contributed by atoms with Crippen LogP contribution in [0.15, 0.2) is 41.0 Å². The summed E-state index contributed by atoms with van der Waals surface area (Å²) < 4.78 is 5.61. The van der Waals surface area contributed by atoms with Crippen molar-refractivity contribution >= 4 is 34.8 Å². The maximum absolute atomic E-state index is 12.9. The molecule has 0 aliphatic carbocycles. The molecule has 3 unspecified atom stereocenters. The highest BCUT2D eigenvalue weighted by molar-refractivity contribution is 6.42. The summed E-state index contributed by atoms with van der Waals surface area (Å²) in [6, 6.07) is 9.10. The number of fused-ring (bicyclic) bond motifs is 1. The molecular weight excluding hydrogens is 323 g/mol. The number of benzene rings is 1. The topological polar surface area (TPSA) is 37.9 Å². The third-order valence-electron chi connectivity index (χ3n) is 4.54. The number of halogens is 2. The maximum atomic E-state index is 12.9. The first-order valence-electron chi connectivity index (χ1n) is 7.34. The zero-order chi connectivity index (χ0) is 15.3. The summed E-state index contributed by atoms with van der Waals surface area (Å²) in [6.07, 6.45) is 3.50. The van der Waals surface area contributed by atoms with Crippen molar-refractivity contribution in [1.29, 1.82) is 0 Å². The van der Waals surface area contributed by atoms with Crippen molar-refractivity contribution in [3.8, 4) is 0 Å². The fraction of sp³-hybridized carbons (Fsp3) is 0.312. The van der Waals surface area contributed by atoms with E-state index in [1.54, 1.807) is 23.3 Å². The quantitative estimate of drug-likeness (QED) is 0.914. The number of rotatable bonds is 2. The number of quaternary nitrogens is 1. The standard InChI is InChI=1S/C16H14Cl2N2O2/c17-11-6-5-10(9-12(11)18)20-15(14-4-2-8-22-14)19-7-1-3-13(19)16(20)21/h2,4-6,8-9,13,15H,1,3,7H2/p+1. The predicted octanol–water partition coefficient (Wildman–Crippen LogP) is 2.68. The van der Waals surface area contributed by atoms with E-state index in [1.165, 1.54) is 4.90 Å². The molecule has 114 valence electrons. The molecule has 3 atom stereocenters. The smallest absolute Gasteiger partial charge is 0.290 e. The number of hydrogen-bond acceptors (Lipinski definition) is 2. The summed E-state index contributed by atoms with van der Waals surface area (Å²) >= 11 is 12.1. The molecule has 0 bridgehead atoms. The molecule has 1 aromatic heterocycles. The van der Waals surface area contributed by atoms with E-state index in [-0.39, 0.29) is 18.1 Å². The zero-order valence-electron chi connectivity index (χ0n) is 11.8. The van der Waals surface area contributed by atoms with Gasteiger partial charge in [-0.05, 0) is 30.3 Å². The van der Waals surface area contributed by atoms with Gasteiger partial charge in [-0.15, -0.1) is 0 Å². The highest BCUT2D eigenvalue weighted by Crippen LogP contribution is 2.34. The van der Waals surface area contributed by atoms with Crippen molar-refractivity contribution in [3.63, 3.8) is 0 Å². The van der Waals surface area contributed by atoms with E-state index in [0.717, 1.165) is 30.8 Å². The molecule has 0 spiro atoms. The first-order valence-corrected chi connectivity index (χ1v) is 8.09. The van der Waals surface area contributed by atoms with Crippen molar-refractivity contribution in [2.75, 3.05) is 11.4 Å². The van der Waals surface area contributed by atoms with Crippen LogP contribution in [0.5, 0.6) is 0 Å². The van der Waals surface area contributed by atoms with Gasteiger partial charge in [0.05, 0.1) is 28.5 Å². The Kier molecular flexibility index (Phi) is 3.40. The number of furan rings is 1. The van der Waals surface area contributed by atoms with E-state index in [1.807, 2.05) is 18.2 Å². The van der Waals surface area contributed by atoms with Crippen LogP contribution in [-0.2, 0) is 4.79 Å². The lowest BCUT2D eigenvalue weighted by Gasteiger charge is -2.24. The summed E-state index contributed by atoms with van der Waals surface area (Å²) in [5, 5.41) is 0.937. The van der Waals surface area contributed by atoms with Crippen molar-refractivity contribution in [3.05, 3.63) is 52.4 Å². The molecule has 2 saturated heterocycles. The molecule has 22 heavy (non-hydrogen) atoms. The van der Waals surface area contributed by atoms with Crippen LogP contribution in [0.1, 0.15) is 24.8 Å². The molecule has 0 saturated carbocycles. The molecule has 2 aromatic rings. The van der Waals surface area contributed by atoms with Gasteiger partial charge in [0.25, 0.3) is 5.91 Å². The Morgan fingerprint density at radius 1 is 1.23 bits per heavy atom. The van der Waals surface area contributed by atoms with E-state index in [9.17, 15) is 4.79 Å². The van der Waals surface area contributed by atoms with E-state index < -0.39 is 0 Å². The molecule has 1 aromatic carbocycles. The van der Waals surface area contributed by atoms with Crippen LogP contribution in [0.3, 0.4) is 0 Å². The minimum absolute atomic E-state index is 0.00422. The average Bonchev–Trinajstić information content (AvgIpc) is 3.21. The molecule has 2 aliphatic rings. The SMILES string of the molecule is O=C1C2CCC[NH+]2C(c2ccco2)N1c1ccc(Cl)c(Cl)c1. The van der Waals surface area contributed by atoms with Crippen molar-refractivity contribution in [2.24, 2.45) is 0 Å². The van der Waals surface area contributed by atoms with Gasteiger partial charge in [-0.3, -0.25) is 9.69 Å². The van der Waals surface area contributed by atoms with Crippen LogP contribution in [-0.4, -0.2) is 18.5 Å². The van der Waals surface area contributed by atoms with Crippen molar-refractivity contribution in [1.82, 2.24) is 0 Å². The Morgan fingerprint density at radius 2 is 2.09 bits per heavy atom. The molecule has 2 aliphatic heterocycles. The van der Waals surface area contributed by atoms with Gasteiger partial charge in [0.2, 0.25) is 6.17 Å². The Labute approximate surface area is 138 Å². The molecule has 4 rings (SSSR count). The molecular formula is C16H15Cl2N2O2+. The van der Waals surface area contributed by atoms with E-state index in [4.69, 9.17) is 27.6 Å². The summed E-state index contributed by atoms with van der Waals surface area (Å²) in [4.78, 5) is 15.9. The first kappa shape index (κ1) is 14.1. The monoisotopic (exact) mass is 337 g/mol.